The van der Waals surface area contributed by atoms with Crippen molar-refractivity contribution in [2.24, 2.45) is 5.92 Å². The van der Waals surface area contributed by atoms with E-state index in [2.05, 4.69) is 34.7 Å². The van der Waals surface area contributed by atoms with Crippen molar-refractivity contribution in [1.82, 2.24) is 15.5 Å². The predicted molar refractivity (Wildman–Crippen MR) is 79.5 cm³/mol. The lowest BCUT2D eigenvalue weighted by atomic mass is 10.2. The van der Waals surface area contributed by atoms with Crippen molar-refractivity contribution in [3.05, 3.63) is 21.0 Å². The maximum absolute atomic E-state index is 6.23. The van der Waals surface area contributed by atoms with Gasteiger partial charge in [0.1, 0.15) is 5.01 Å². The van der Waals surface area contributed by atoms with Crippen LogP contribution in [-0.2, 0) is 6.54 Å². The zero-order valence-electron chi connectivity index (χ0n) is 10.7. The Labute approximate surface area is 120 Å². The maximum Gasteiger partial charge on any atom is 0.159 e. The molecule has 0 saturated heterocycles. The van der Waals surface area contributed by atoms with Crippen LogP contribution in [0.1, 0.15) is 24.4 Å². The van der Waals surface area contributed by atoms with Crippen molar-refractivity contribution < 1.29 is 0 Å². The van der Waals surface area contributed by atoms with Crippen LogP contribution in [0.25, 0.3) is 9.88 Å². The van der Waals surface area contributed by atoms with Crippen molar-refractivity contribution >= 4 is 34.3 Å². The Kier molecular flexibility index (Phi) is 4.72. The fourth-order valence-electron chi connectivity index (χ4n) is 1.46. The monoisotopic (exact) mass is 301 g/mol. The Balaban J connectivity index is 2.04. The molecule has 2 heterocycles. The van der Waals surface area contributed by atoms with E-state index in [1.807, 2.05) is 6.92 Å². The van der Waals surface area contributed by atoms with E-state index in [9.17, 15) is 0 Å². The topological polar surface area (TPSA) is 37.8 Å². The van der Waals surface area contributed by atoms with Crippen molar-refractivity contribution in [3.63, 3.8) is 0 Å². The first kappa shape index (κ1) is 13.9. The molecule has 0 aliphatic rings. The van der Waals surface area contributed by atoms with Gasteiger partial charge in [0.2, 0.25) is 0 Å². The molecule has 0 radical (unpaired) electrons. The molecule has 6 heteroatoms. The average molecular weight is 302 g/mol. The number of halogens is 1. The number of aromatic nitrogens is 2. The SMILES string of the molecule is Cc1csc(-c2nnc(CNCC(C)C)s2)c1Cl. The Morgan fingerprint density at radius 2 is 2.17 bits per heavy atom. The molecule has 0 fully saturated rings. The molecule has 0 aliphatic heterocycles. The average Bonchev–Trinajstić information content (AvgIpc) is 2.88. The van der Waals surface area contributed by atoms with Crippen LogP contribution in [0.3, 0.4) is 0 Å². The quantitative estimate of drug-likeness (QED) is 0.908. The number of rotatable bonds is 5. The lowest BCUT2D eigenvalue weighted by Crippen LogP contribution is -2.18. The number of nitrogens with one attached hydrogen (secondary N) is 1. The summed E-state index contributed by atoms with van der Waals surface area (Å²) in [5.74, 6) is 0.645. The van der Waals surface area contributed by atoms with Crippen molar-refractivity contribution in [1.29, 1.82) is 0 Å². The summed E-state index contributed by atoms with van der Waals surface area (Å²) in [5.41, 5.74) is 1.10. The molecule has 2 aromatic heterocycles. The summed E-state index contributed by atoms with van der Waals surface area (Å²) < 4.78 is 0. The fourth-order valence-corrected chi connectivity index (χ4v) is 3.70. The summed E-state index contributed by atoms with van der Waals surface area (Å²) in [4.78, 5) is 1.03. The van der Waals surface area contributed by atoms with Gasteiger partial charge < -0.3 is 5.32 Å². The van der Waals surface area contributed by atoms with Gasteiger partial charge in [0.15, 0.2) is 5.01 Å². The summed E-state index contributed by atoms with van der Waals surface area (Å²) in [7, 11) is 0. The van der Waals surface area contributed by atoms with E-state index in [0.717, 1.165) is 38.6 Å². The van der Waals surface area contributed by atoms with E-state index < -0.39 is 0 Å². The van der Waals surface area contributed by atoms with E-state index in [0.29, 0.717) is 5.92 Å². The van der Waals surface area contributed by atoms with Gasteiger partial charge >= 0.3 is 0 Å². The molecule has 0 amide bonds. The Morgan fingerprint density at radius 1 is 1.39 bits per heavy atom. The van der Waals surface area contributed by atoms with Gasteiger partial charge in [-0.05, 0) is 30.3 Å². The summed E-state index contributed by atoms with van der Waals surface area (Å²) in [6, 6.07) is 0. The number of hydrogen-bond donors (Lipinski definition) is 1. The number of thiophene rings is 1. The highest BCUT2D eigenvalue weighted by atomic mass is 35.5. The summed E-state index contributed by atoms with van der Waals surface area (Å²) >= 11 is 9.47. The van der Waals surface area contributed by atoms with E-state index in [1.165, 1.54) is 0 Å². The highest BCUT2D eigenvalue weighted by molar-refractivity contribution is 7.21. The summed E-state index contributed by atoms with van der Waals surface area (Å²) in [6.07, 6.45) is 0. The molecule has 98 valence electrons. The molecular formula is C12H16ClN3S2. The molecule has 0 spiro atoms. The molecule has 0 saturated carbocycles. The third kappa shape index (κ3) is 3.29. The smallest absolute Gasteiger partial charge is 0.159 e. The van der Waals surface area contributed by atoms with Gasteiger partial charge in [0, 0.05) is 6.54 Å². The third-order valence-corrected chi connectivity index (χ3v) is 5.16. The van der Waals surface area contributed by atoms with Crippen LogP contribution in [0.15, 0.2) is 5.38 Å². The standard InChI is InChI=1S/C12H16ClN3S2/c1-7(2)4-14-5-9-15-16-12(18-9)11-10(13)8(3)6-17-11/h6-7,14H,4-5H2,1-3H3. The van der Waals surface area contributed by atoms with Gasteiger partial charge in [0.25, 0.3) is 0 Å². The summed E-state index contributed by atoms with van der Waals surface area (Å²) in [6.45, 7) is 8.15. The first-order chi connectivity index (χ1) is 8.58. The van der Waals surface area contributed by atoms with Gasteiger partial charge in [-0.3, -0.25) is 0 Å². The Morgan fingerprint density at radius 3 is 2.78 bits per heavy atom. The second-order valence-electron chi connectivity index (χ2n) is 4.59. The second-order valence-corrected chi connectivity index (χ2v) is 6.91. The highest BCUT2D eigenvalue weighted by Crippen LogP contribution is 2.37. The molecule has 1 N–H and O–H groups in total. The molecule has 0 aromatic carbocycles. The van der Waals surface area contributed by atoms with Gasteiger partial charge in [-0.15, -0.1) is 21.5 Å². The van der Waals surface area contributed by atoms with Gasteiger partial charge in [-0.25, -0.2) is 0 Å². The molecule has 2 rings (SSSR count). The van der Waals surface area contributed by atoms with Gasteiger partial charge in [-0.2, -0.15) is 0 Å². The molecule has 3 nitrogen and oxygen atoms in total. The lowest BCUT2D eigenvalue weighted by molar-refractivity contribution is 0.550. The molecule has 0 bridgehead atoms. The van der Waals surface area contributed by atoms with Crippen molar-refractivity contribution in [2.45, 2.75) is 27.3 Å². The molecular weight excluding hydrogens is 286 g/mol. The predicted octanol–water partition coefficient (Wildman–Crippen LogP) is 3.97. The van der Waals surface area contributed by atoms with E-state index >= 15 is 0 Å². The molecule has 0 unspecified atom stereocenters. The Bertz CT molecular complexity index is 519. The normalized spacial score (nSPS) is 11.4. The number of hydrogen-bond acceptors (Lipinski definition) is 5. The number of nitrogens with zero attached hydrogens (tertiary/aromatic N) is 2. The molecule has 0 atom stereocenters. The first-order valence-corrected chi connectivity index (χ1v) is 7.92. The van der Waals surface area contributed by atoms with Crippen LogP contribution < -0.4 is 5.32 Å². The molecule has 0 aliphatic carbocycles. The van der Waals surface area contributed by atoms with Gasteiger partial charge in [0.05, 0.1) is 9.90 Å². The van der Waals surface area contributed by atoms with E-state index in [1.54, 1.807) is 22.7 Å². The van der Waals surface area contributed by atoms with Crippen LogP contribution >= 0.6 is 34.3 Å². The molecule has 18 heavy (non-hydrogen) atoms. The first-order valence-electron chi connectivity index (χ1n) is 5.85. The fraction of sp³-hybridized carbons (Fsp3) is 0.500. The largest absolute Gasteiger partial charge is 0.310 e. The van der Waals surface area contributed by atoms with Crippen LogP contribution in [-0.4, -0.2) is 16.7 Å². The van der Waals surface area contributed by atoms with E-state index in [4.69, 9.17) is 11.6 Å². The zero-order valence-corrected chi connectivity index (χ0v) is 13.0. The lowest BCUT2D eigenvalue weighted by Gasteiger charge is -2.03. The second kappa shape index (κ2) is 6.10. The minimum Gasteiger partial charge on any atom is -0.310 e. The Hall–Kier alpha value is -0.490. The van der Waals surface area contributed by atoms with Crippen LogP contribution in [0, 0.1) is 12.8 Å². The van der Waals surface area contributed by atoms with Gasteiger partial charge in [-0.1, -0.05) is 36.8 Å². The third-order valence-electron chi connectivity index (χ3n) is 2.39. The van der Waals surface area contributed by atoms with Crippen LogP contribution in [0.5, 0.6) is 0 Å². The molecule has 2 aromatic rings. The summed E-state index contributed by atoms with van der Waals surface area (Å²) in [5, 5.41) is 16.5. The number of aryl methyl sites for hydroxylation is 1. The van der Waals surface area contributed by atoms with Crippen LogP contribution in [0.4, 0.5) is 0 Å². The minimum absolute atomic E-state index is 0.645. The zero-order chi connectivity index (χ0) is 13.1. The van der Waals surface area contributed by atoms with Crippen LogP contribution in [0.2, 0.25) is 5.02 Å². The van der Waals surface area contributed by atoms with Crippen molar-refractivity contribution in [3.8, 4) is 9.88 Å². The highest BCUT2D eigenvalue weighted by Gasteiger charge is 2.13. The minimum atomic E-state index is 0.645. The maximum atomic E-state index is 6.23. The van der Waals surface area contributed by atoms with Crippen molar-refractivity contribution in [2.75, 3.05) is 6.54 Å². The van der Waals surface area contributed by atoms with E-state index in [-0.39, 0.29) is 0 Å².